The fourth-order valence-electron chi connectivity index (χ4n) is 1.52. The van der Waals surface area contributed by atoms with Crippen molar-refractivity contribution < 1.29 is 14.6 Å². The molecule has 1 amide bonds. The zero-order chi connectivity index (χ0) is 15.5. The second-order valence-corrected chi connectivity index (χ2v) is 4.23. The number of hydrogen-bond donors (Lipinski definition) is 3. The number of anilines is 1. The largest absolute Gasteiger partial charge is 0.394 e. The first-order chi connectivity index (χ1) is 10.2. The van der Waals surface area contributed by atoms with E-state index in [-0.39, 0.29) is 18.8 Å². The second-order valence-electron chi connectivity index (χ2n) is 4.23. The van der Waals surface area contributed by atoms with Gasteiger partial charge in [-0.25, -0.2) is 0 Å². The van der Waals surface area contributed by atoms with E-state index in [1.807, 2.05) is 31.2 Å². The highest BCUT2D eigenvalue weighted by Gasteiger charge is 2.09. The third-order valence-electron chi connectivity index (χ3n) is 2.63. The smallest absolute Gasteiger partial charge is 0.267 e. The van der Waals surface area contributed by atoms with Gasteiger partial charge in [0.1, 0.15) is 11.6 Å². The van der Waals surface area contributed by atoms with Gasteiger partial charge in [0.05, 0.1) is 19.8 Å². The number of aliphatic hydroxyl groups is 1. The maximum absolute atomic E-state index is 12.0. The number of carbonyl (C=O) groups excluding carboxylic acids is 1. The van der Waals surface area contributed by atoms with Crippen molar-refractivity contribution in [3.05, 3.63) is 41.6 Å². The lowest BCUT2D eigenvalue weighted by molar-refractivity contribution is -0.112. The number of nitrogens with one attached hydrogen (secondary N) is 2. The van der Waals surface area contributed by atoms with Gasteiger partial charge >= 0.3 is 0 Å². The molecule has 0 saturated heterocycles. The topological polar surface area (TPSA) is 94.4 Å². The van der Waals surface area contributed by atoms with Crippen molar-refractivity contribution in [2.24, 2.45) is 0 Å². The number of rotatable bonds is 8. The van der Waals surface area contributed by atoms with Crippen LogP contribution in [0.15, 0.2) is 36.0 Å². The summed E-state index contributed by atoms with van der Waals surface area (Å²) in [6, 6.07) is 9.19. The van der Waals surface area contributed by atoms with Gasteiger partial charge in [-0.3, -0.25) is 4.79 Å². The van der Waals surface area contributed by atoms with Crippen LogP contribution in [-0.2, 0) is 9.53 Å². The van der Waals surface area contributed by atoms with Crippen LogP contribution in [0.1, 0.15) is 5.56 Å². The minimum atomic E-state index is -0.462. The molecule has 6 heteroatoms. The van der Waals surface area contributed by atoms with Crippen molar-refractivity contribution in [2.45, 2.75) is 6.92 Å². The summed E-state index contributed by atoms with van der Waals surface area (Å²) in [7, 11) is 0. The number of hydrogen-bond acceptors (Lipinski definition) is 5. The molecular weight excluding hydrogens is 270 g/mol. The summed E-state index contributed by atoms with van der Waals surface area (Å²) in [5.41, 5.74) is 1.59. The van der Waals surface area contributed by atoms with E-state index in [2.05, 4.69) is 10.6 Å². The number of benzene rings is 1. The van der Waals surface area contributed by atoms with Crippen LogP contribution in [0.25, 0.3) is 0 Å². The standard InChI is InChI=1S/C15H19N3O3/c1-12-4-2-3-5-14(12)18-15(20)13(10-16)11-17-6-8-21-9-7-19/h2-5,11,17,19H,6-9H2,1H3,(H,18,20)/b13-11-. The highest BCUT2D eigenvalue weighted by atomic mass is 16.5. The van der Waals surface area contributed by atoms with Crippen molar-refractivity contribution in [1.82, 2.24) is 5.32 Å². The Labute approximate surface area is 124 Å². The van der Waals surface area contributed by atoms with E-state index in [4.69, 9.17) is 15.1 Å². The number of ether oxygens (including phenoxy) is 1. The second kappa shape index (κ2) is 9.53. The van der Waals surface area contributed by atoms with Gasteiger partial charge in [0, 0.05) is 18.4 Å². The van der Waals surface area contributed by atoms with Crippen molar-refractivity contribution in [1.29, 1.82) is 5.26 Å². The Balaban J connectivity index is 2.50. The Morgan fingerprint density at radius 2 is 2.19 bits per heavy atom. The molecule has 0 radical (unpaired) electrons. The van der Waals surface area contributed by atoms with Gasteiger partial charge in [-0.05, 0) is 18.6 Å². The quantitative estimate of drug-likeness (QED) is 0.376. The van der Waals surface area contributed by atoms with E-state index in [0.29, 0.717) is 18.8 Å². The van der Waals surface area contributed by atoms with Gasteiger partial charge in [-0.15, -0.1) is 0 Å². The number of para-hydroxylation sites is 1. The third-order valence-corrected chi connectivity index (χ3v) is 2.63. The van der Waals surface area contributed by atoms with Gasteiger partial charge in [0.25, 0.3) is 5.91 Å². The Morgan fingerprint density at radius 1 is 1.43 bits per heavy atom. The van der Waals surface area contributed by atoms with Crippen molar-refractivity contribution in [3.8, 4) is 6.07 Å². The van der Waals surface area contributed by atoms with Gasteiger partial charge < -0.3 is 20.5 Å². The Hall–Kier alpha value is -2.36. The molecule has 0 bridgehead atoms. The summed E-state index contributed by atoms with van der Waals surface area (Å²) in [6.45, 7) is 2.95. The van der Waals surface area contributed by atoms with Crippen LogP contribution in [0.4, 0.5) is 5.69 Å². The molecule has 6 nitrogen and oxygen atoms in total. The molecule has 112 valence electrons. The molecule has 0 aliphatic rings. The van der Waals surface area contributed by atoms with E-state index in [9.17, 15) is 4.79 Å². The van der Waals surface area contributed by atoms with E-state index in [1.165, 1.54) is 6.20 Å². The van der Waals surface area contributed by atoms with Gasteiger partial charge in [-0.1, -0.05) is 18.2 Å². The van der Waals surface area contributed by atoms with Crippen LogP contribution in [0.2, 0.25) is 0 Å². The van der Waals surface area contributed by atoms with Crippen LogP contribution in [0.3, 0.4) is 0 Å². The first kappa shape index (κ1) is 16.7. The summed E-state index contributed by atoms with van der Waals surface area (Å²) in [4.78, 5) is 12.0. The van der Waals surface area contributed by atoms with E-state index < -0.39 is 5.91 Å². The molecule has 0 saturated carbocycles. The van der Waals surface area contributed by atoms with Crippen LogP contribution in [-0.4, -0.2) is 37.4 Å². The Morgan fingerprint density at radius 3 is 2.86 bits per heavy atom. The number of aryl methyl sites for hydroxylation is 1. The Kier molecular flexibility index (Phi) is 7.58. The molecule has 1 aromatic carbocycles. The lowest BCUT2D eigenvalue weighted by Gasteiger charge is -2.07. The fraction of sp³-hybridized carbons (Fsp3) is 0.333. The predicted molar refractivity (Wildman–Crippen MR) is 79.4 cm³/mol. The minimum Gasteiger partial charge on any atom is -0.394 e. The molecule has 1 aromatic rings. The van der Waals surface area contributed by atoms with Crippen LogP contribution in [0.5, 0.6) is 0 Å². The van der Waals surface area contributed by atoms with Crippen molar-refractivity contribution >= 4 is 11.6 Å². The summed E-state index contributed by atoms with van der Waals surface area (Å²) in [5, 5.41) is 23.0. The molecule has 0 unspecified atom stereocenters. The maximum atomic E-state index is 12.0. The average molecular weight is 289 g/mol. The summed E-state index contributed by atoms with van der Waals surface area (Å²) in [5.74, 6) is -0.462. The zero-order valence-electron chi connectivity index (χ0n) is 11.9. The molecule has 1 rings (SSSR count). The highest BCUT2D eigenvalue weighted by Crippen LogP contribution is 2.13. The molecule has 3 N–H and O–H groups in total. The first-order valence-corrected chi connectivity index (χ1v) is 6.58. The Bertz CT molecular complexity index is 535. The molecule has 0 aliphatic carbocycles. The van der Waals surface area contributed by atoms with Crippen LogP contribution < -0.4 is 10.6 Å². The summed E-state index contributed by atoms with van der Waals surface area (Å²) in [6.07, 6.45) is 1.36. The van der Waals surface area contributed by atoms with Crippen LogP contribution in [0, 0.1) is 18.3 Å². The van der Waals surface area contributed by atoms with E-state index >= 15 is 0 Å². The van der Waals surface area contributed by atoms with Gasteiger partial charge in [-0.2, -0.15) is 5.26 Å². The predicted octanol–water partition coefficient (Wildman–Crippen LogP) is 0.940. The SMILES string of the molecule is Cc1ccccc1NC(=O)/C(C#N)=C\NCCOCCO. The molecule has 0 heterocycles. The number of carbonyl (C=O) groups is 1. The molecule has 21 heavy (non-hydrogen) atoms. The molecule has 0 atom stereocenters. The number of aliphatic hydroxyl groups excluding tert-OH is 1. The van der Waals surface area contributed by atoms with Gasteiger partial charge in [0.2, 0.25) is 0 Å². The summed E-state index contributed by atoms with van der Waals surface area (Å²) < 4.78 is 5.04. The van der Waals surface area contributed by atoms with Crippen molar-refractivity contribution in [2.75, 3.05) is 31.7 Å². The van der Waals surface area contributed by atoms with E-state index in [0.717, 1.165) is 5.56 Å². The molecular formula is C15H19N3O3. The lowest BCUT2D eigenvalue weighted by Crippen LogP contribution is -2.19. The third kappa shape index (κ3) is 6.08. The first-order valence-electron chi connectivity index (χ1n) is 6.58. The summed E-state index contributed by atoms with van der Waals surface area (Å²) >= 11 is 0. The number of nitrogens with zero attached hydrogens (tertiary/aromatic N) is 1. The highest BCUT2D eigenvalue weighted by molar-refractivity contribution is 6.06. The van der Waals surface area contributed by atoms with Crippen LogP contribution >= 0.6 is 0 Å². The normalized spacial score (nSPS) is 10.8. The number of nitriles is 1. The average Bonchev–Trinajstić information content (AvgIpc) is 2.49. The number of amides is 1. The van der Waals surface area contributed by atoms with Gasteiger partial charge in [0.15, 0.2) is 0 Å². The molecule has 0 spiro atoms. The minimum absolute atomic E-state index is 0.0135. The monoisotopic (exact) mass is 289 g/mol. The molecule has 0 fully saturated rings. The lowest BCUT2D eigenvalue weighted by atomic mass is 10.2. The molecule has 0 aromatic heterocycles. The molecule has 0 aliphatic heterocycles. The zero-order valence-corrected chi connectivity index (χ0v) is 11.9. The fourth-order valence-corrected chi connectivity index (χ4v) is 1.52. The van der Waals surface area contributed by atoms with Crippen molar-refractivity contribution in [3.63, 3.8) is 0 Å². The van der Waals surface area contributed by atoms with E-state index in [1.54, 1.807) is 6.07 Å². The maximum Gasteiger partial charge on any atom is 0.267 e.